The fraction of sp³-hybridized carbons (Fsp3) is 0.296. The number of amides is 1. The molecule has 0 atom stereocenters. The molecule has 188 valence electrons. The number of nitrogens with zero attached hydrogens (tertiary/aromatic N) is 4. The molecule has 0 radical (unpaired) electrons. The minimum absolute atomic E-state index is 0.169. The Hall–Kier alpha value is -3.14. The first-order valence-corrected chi connectivity index (χ1v) is 14.1. The van der Waals surface area contributed by atoms with E-state index in [0.29, 0.717) is 23.8 Å². The lowest BCUT2D eigenvalue weighted by molar-refractivity contribution is 0.0985. The second-order valence-electron chi connectivity index (χ2n) is 8.88. The van der Waals surface area contributed by atoms with Gasteiger partial charge in [0.1, 0.15) is 0 Å². The van der Waals surface area contributed by atoms with Crippen LogP contribution in [0.15, 0.2) is 65.8 Å². The van der Waals surface area contributed by atoms with Gasteiger partial charge < -0.3 is 0 Å². The van der Waals surface area contributed by atoms with Crippen LogP contribution in [0, 0.1) is 13.8 Å². The van der Waals surface area contributed by atoms with Crippen LogP contribution in [0.4, 0.5) is 5.13 Å². The largest absolute Gasteiger partial charge is 0.279 e. The highest BCUT2D eigenvalue weighted by molar-refractivity contribution is 7.89. The predicted molar refractivity (Wildman–Crippen MR) is 145 cm³/mol. The van der Waals surface area contributed by atoms with E-state index in [2.05, 4.69) is 17.1 Å². The molecule has 0 unspecified atom stereocenters. The molecule has 2 aromatic heterocycles. The highest BCUT2D eigenvalue weighted by Crippen LogP contribution is 2.33. The fourth-order valence-corrected chi connectivity index (χ4v) is 6.33. The summed E-state index contributed by atoms with van der Waals surface area (Å²) in [6, 6.07) is 14.0. The van der Waals surface area contributed by atoms with E-state index in [1.807, 2.05) is 32.9 Å². The average molecular weight is 523 g/mol. The van der Waals surface area contributed by atoms with Gasteiger partial charge in [-0.3, -0.25) is 14.7 Å². The number of unbranched alkanes of at least 4 members (excludes halogenated alkanes) is 1. The van der Waals surface area contributed by atoms with Crippen LogP contribution in [0.3, 0.4) is 0 Å². The summed E-state index contributed by atoms with van der Waals surface area (Å²) in [5, 5.41) is 0.587. The molecule has 7 nitrogen and oxygen atoms in total. The Balaban J connectivity index is 1.68. The Bertz CT molecular complexity index is 1470. The SMILES string of the molecule is CCCCN(C)S(=O)(=O)c1ccc(C(=O)N(Cc2cccnc2)c2nc3c(C)cc(C)cc3s2)cc1. The highest BCUT2D eigenvalue weighted by Gasteiger charge is 2.24. The maximum Gasteiger partial charge on any atom is 0.260 e. The second kappa shape index (κ2) is 10.9. The van der Waals surface area contributed by atoms with Crippen LogP contribution in [0.5, 0.6) is 0 Å². The number of pyridine rings is 1. The van der Waals surface area contributed by atoms with Crippen molar-refractivity contribution in [1.29, 1.82) is 0 Å². The van der Waals surface area contributed by atoms with Crippen molar-refractivity contribution in [2.45, 2.75) is 45.1 Å². The lowest BCUT2D eigenvalue weighted by Gasteiger charge is -2.20. The summed E-state index contributed by atoms with van der Waals surface area (Å²) in [6.07, 6.45) is 5.11. The average Bonchev–Trinajstić information content (AvgIpc) is 3.30. The zero-order valence-corrected chi connectivity index (χ0v) is 22.6. The standard InChI is InChI=1S/C27H30N4O3S2/c1-5-6-14-30(4)36(33,34)23-11-9-22(10-12-23)26(32)31(18-21-8-7-13-28-17-21)27-29-25-20(3)15-19(2)16-24(25)35-27/h7-13,15-17H,5-6,14,18H2,1-4H3. The third-order valence-corrected chi connectivity index (χ3v) is 8.89. The summed E-state index contributed by atoms with van der Waals surface area (Å²) in [4.78, 5) is 24.5. The maximum atomic E-state index is 13.7. The van der Waals surface area contributed by atoms with Crippen LogP contribution in [0.2, 0.25) is 0 Å². The molecule has 2 heterocycles. The molecule has 0 spiro atoms. The van der Waals surface area contributed by atoms with Gasteiger partial charge in [-0.05, 0) is 73.4 Å². The van der Waals surface area contributed by atoms with Crippen LogP contribution < -0.4 is 4.90 Å². The summed E-state index contributed by atoms with van der Waals surface area (Å²) in [6.45, 7) is 6.83. The molecule has 36 heavy (non-hydrogen) atoms. The first kappa shape index (κ1) is 25.9. The van der Waals surface area contributed by atoms with E-state index in [1.54, 1.807) is 36.5 Å². The molecule has 2 aromatic carbocycles. The van der Waals surface area contributed by atoms with Crippen molar-refractivity contribution in [2.24, 2.45) is 0 Å². The van der Waals surface area contributed by atoms with Crippen LogP contribution in [0.1, 0.15) is 46.8 Å². The molecule has 9 heteroatoms. The Morgan fingerprint density at radius 3 is 2.50 bits per heavy atom. The van der Waals surface area contributed by atoms with Crippen molar-refractivity contribution >= 4 is 42.6 Å². The second-order valence-corrected chi connectivity index (χ2v) is 11.9. The van der Waals surface area contributed by atoms with Gasteiger partial charge in [0, 0.05) is 31.5 Å². The van der Waals surface area contributed by atoms with Crippen molar-refractivity contribution in [2.75, 3.05) is 18.5 Å². The van der Waals surface area contributed by atoms with Crippen LogP contribution >= 0.6 is 11.3 Å². The highest BCUT2D eigenvalue weighted by atomic mass is 32.2. The smallest absolute Gasteiger partial charge is 0.260 e. The number of rotatable bonds is 9. The summed E-state index contributed by atoms with van der Waals surface area (Å²) < 4.78 is 28.2. The summed E-state index contributed by atoms with van der Waals surface area (Å²) >= 11 is 1.47. The number of aromatic nitrogens is 2. The van der Waals surface area contributed by atoms with E-state index in [1.165, 1.54) is 27.8 Å². The molecule has 4 aromatic rings. The molecular formula is C27H30N4O3S2. The molecular weight excluding hydrogens is 492 g/mol. The minimum atomic E-state index is -3.61. The van der Waals surface area contributed by atoms with Gasteiger partial charge in [0.15, 0.2) is 5.13 Å². The molecule has 0 aliphatic heterocycles. The van der Waals surface area contributed by atoms with E-state index in [-0.39, 0.29) is 10.8 Å². The number of carbonyl (C=O) groups is 1. The van der Waals surface area contributed by atoms with Gasteiger partial charge in [-0.25, -0.2) is 17.7 Å². The Morgan fingerprint density at radius 1 is 1.08 bits per heavy atom. The van der Waals surface area contributed by atoms with E-state index < -0.39 is 10.0 Å². The van der Waals surface area contributed by atoms with Gasteiger partial charge >= 0.3 is 0 Å². The minimum Gasteiger partial charge on any atom is -0.279 e. The van der Waals surface area contributed by atoms with Gasteiger partial charge in [-0.1, -0.05) is 36.8 Å². The first-order valence-electron chi connectivity index (χ1n) is 11.9. The normalized spacial score (nSPS) is 11.8. The molecule has 4 rings (SSSR count). The number of thiazole rings is 1. The van der Waals surface area contributed by atoms with E-state index >= 15 is 0 Å². The zero-order valence-electron chi connectivity index (χ0n) is 20.9. The van der Waals surface area contributed by atoms with Crippen LogP contribution in [-0.2, 0) is 16.6 Å². The van der Waals surface area contributed by atoms with Crippen molar-refractivity contribution in [3.63, 3.8) is 0 Å². The van der Waals surface area contributed by atoms with Crippen molar-refractivity contribution < 1.29 is 13.2 Å². The van der Waals surface area contributed by atoms with Crippen LogP contribution in [0.25, 0.3) is 10.2 Å². The lowest BCUT2D eigenvalue weighted by Crippen LogP contribution is -2.31. The Morgan fingerprint density at radius 2 is 1.83 bits per heavy atom. The fourth-order valence-electron chi connectivity index (χ4n) is 3.98. The number of hydrogen-bond acceptors (Lipinski definition) is 6. The number of carbonyl (C=O) groups excluding carboxylic acids is 1. The number of sulfonamides is 1. The monoisotopic (exact) mass is 522 g/mol. The van der Waals surface area contributed by atoms with Gasteiger partial charge in [0.25, 0.3) is 5.91 Å². The number of anilines is 1. The van der Waals surface area contributed by atoms with E-state index in [4.69, 9.17) is 4.98 Å². The van der Waals surface area contributed by atoms with Gasteiger partial charge in [-0.2, -0.15) is 0 Å². The topological polar surface area (TPSA) is 83.5 Å². The summed E-state index contributed by atoms with van der Waals surface area (Å²) in [5.74, 6) is -0.254. The number of aryl methyl sites for hydroxylation is 2. The third kappa shape index (κ3) is 5.48. The first-order chi connectivity index (χ1) is 17.2. The molecule has 0 saturated carbocycles. The molecule has 1 amide bonds. The third-order valence-electron chi connectivity index (χ3n) is 5.99. The zero-order chi connectivity index (χ0) is 25.9. The van der Waals surface area contributed by atoms with Crippen molar-refractivity contribution in [3.05, 3.63) is 83.2 Å². The van der Waals surface area contributed by atoms with Crippen LogP contribution in [-0.4, -0.2) is 42.2 Å². The maximum absolute atomic E-state index is 13.7. The number of benzene rings is 2. The lowest BCUT2D eigenvalue weighted by atomic mass is 10.1. The molecule has 0 aliphatic rings. The van der Waals surface area contributed by atoms with Crippen molar-refractivity contribution in [3.8, 4) is 0 Å². The van der Waals surface area contributed by atoms with Gasteiger partial charge in [0.05, 0.1) is 21.7 Å². The summed E-state index contributed by atoms with van der Waals surface area (Å²) in [7, 11) is -2.03. The number of hydrogen-bond donors (Lipinski definition) is 0. The Kier molecular flexibility index (Phi) is 7.82. The van der Waals surface area contributed by atoms with Gasteiger partial charge in [-0.15, -0.1) is 0 Å². The molecule has 0 N–H and O–H groups in total. The summed E-state index contributed by atoms with van der Waals surface area (Å²) in [5.41, 5.74) is 4.33. The molecule has 0 saturated heterocycles. The van der Waals surface area contributed by atoms with E-state index in [9.17, 15) is 13.2 Å². The predicted octanol–water partition coefficient (Wildman–Crippen LogP) is 5.58. The van der Waals surface area contributed by atoms with E-state index in [0.717, 1.165) is 39.7 Å². The van der Waals surface area contributed by atoms with Gasteiger partial charge in [0.2, 0.25) is 10.0 Å². The number of fused-ring (bicyclic) bond motifs is 1. The Labute approximate surface area is 216 Å². The quantitative estimate of drug-likeness (QED) is 0.287. The van der Waals surface area contributed by atoms with Crippen molar-refractivity contribution in [1.82, 2.24) is 14.3 Å². The molecule has 0 fully saturated rings. The molecule has 0 bridgehead atoms. The molecule has 0 aliphatic carbocycles.